The highest BCUT2D eigenvalue weighted by Gasteiger charge is 2.10. The minimum Gasteiger partial charge on any atom is -0.398 e. The average molecular weight is 240 g/mol. The molecule has 2 aromatic rings. The molecule has 0 heterocycles. The Kier molecular flexibility index (Phi) is 3.28. The van der Waals surface area contributed by atoms with E-state index in [9.17, 15) is 0 Å². The molecule has 0 spiro atoms. The number of hydrogen-bond acceptors (Lipinski definition) is 2. The van der Waals surface area contributed by atoms with Crippen LogP contribution < -0.4 is 10.6 Å². The highest BCUT2D eigenvalue weighted by atomic mass is 15.1. The maximum absolute atomic E-state index is 5.97. The van der Waals surface area contributed by atoms with Crippen LogP contribution in [0.2, 0.25) is 0 Å². The summed E-state index contributed by atoms with van der Waals surface area (Å²) >= 11 is 0. The summed E-state index contributed by atoms with van der Waals surface area (Å²) in [5.41, 5.74) is 12.9. The third-order valence-electron chi connectivity index (χ3n) is 3.42. The van der Waals surface area contributed by atoms with Gasteiger partial charge in [0.25, 0.3) is 0 Å². The molecule has 0 bridgehead atoms. The van der Waals surface area contributed by atoms with Gasteiger partial charge in [0.15, 0.2) is 0 Å². The van der Waals surface area contributed by atoms with E-state index in [0.29, 0.717) is 0 Å². The van der Waals surface area contributed by atoms with E-state index in [0.717, 1.165) is 16.9 Å². The van der Waals surface area contributed by atoms with E-state index >= 15 is 0 Å². The van der Waals surface area contributed by atoms with Crippen LogP contribution in [0.5, 0.6) is 0 Å². The van der Waals surface area contributed by atoms with Crippen molar-refractivity contribution >= 4 is 17.1 Å². The van der Waals surface area contributed by atoms with E-state index in [2.05, 4.69) is 57.0 Å². The topological polar surface area (TPSA) is 29.3 Å². The average Bonchev–Trinajstić information content (AvgIpc) is 2.32. The summed E-state index contributed by atoms with van der Waals surface area (Å²) in [7, 11) is 2.08. The van der Waals surface area contributed by atoms with E-state index in [1.165, 1.54) is 16.8 Å². The quantitative estimate of drug-likeness (QED) is 0.805. The Morgan fingerprint density at radius 3 is 2.33 bits per heavy atom. The van der Waals surface area contributed by atoms with E-state index in [1.807, 2.05) is 12.1 Å². The van der Waals surface area contributed by atoms with Crippen molar-refractivity contribution in [3.05, 3.63) is 53.1 Å². The Bertz CT molecular complexity index is 573. The van der Waals surface area contributed by atoms with Gasteiger partial charge in [-0.3, -0.25) is 0 Å². The number of benzene rings is 2. The van der Waals surface area contributed by atoms with Gasteiger partial charge in [0.05, 0.1) is 0 Å². The van der Waals surface area contributed by atoms with Crippen molar-refractivity contribution in [2.24, 2.45) is 0 Å². The van der Waals surface area contributed by atoms with Crippen LogP contribution in [0.15, 0.2) is 36.4 Å². The zero-order chi connectivity index (χ0) is 13.3. The zero-order valence-corrected chi connectivity index (χ0v) is 11.5. The standard InChI is InChI=1S/C16H20N2/c1-11-8-9-15(12(2)10-11)18(4)16-7-5-6-14(17)13(16)3/h5-10H,17H2,1-4H3. The SMILES string of the molecule is Cc1ccc(N(C)c2cccc(N)c2C)c(C)c1. The molecule has 2 nitrogen and oxygen atoms in total. The Hall–Kier alpha value is -1.96. The van der Waals surface area contributed by atoms with Gasteiger partial charge < -0.3 is 10.6 Å². The zero-order valence-electron chi connectivity index (χ0n) is 11.5. The summed E-state index contributed by atoms with van der Waals surface area (Å²) in [4.78, 5) is 2.19. The molecular weight excluding hydrogens is 220 g/mol. The fraction of sp³-hybridized carbons (Fsp3) is 0.250. The molecule has 0 fully saturated rings. The monoisotopic (exact) mass is 240 g/mol. The van der Waals surface area contributed by atoms with Gasteiger partial charge in [-0.25, -0.2) is 0 Å². The van der Waals surface area contributed by atoms with Crippen molar-refractivity contribution in [1.82, 2.24) is 0 Å². The molecule has 2 heteroatoms. The number of nitrogens with two attached hydrogens (primary N) is 1. The molecule has 0 saturated heterocycles. The van der Waals surface area contributed by atoms with Crippen molar-refractivity contribution < 1.29 is 0 Å². The molecule has 2 aromatic carbocycles. The molecule has 0 aliphatic rings. The van der Waals surface area contributed by atoms with Crippen LogP contribution in [0.4, 0.5) is 17.1 Å². The van der Waals surface area contributed by atoms with Gasteiger partial charge in [-0.05, 0) is 50.1 Å². The summed E-state index contributed by atoms with van der Waals surface area (Å²) in [5, 5.41) is 0. The lowest BCUT2D eigenvalue weighted by Crippen LogP contribution is -2.13. The van der Waals surface area contributed by atoms with Crippen LogP contribution in [-0.4, -0.2) is 7.05 Å². The van der Waals surface area contributed by atoms with Crippen molar-refractivity contribution in [3.63, 3.8) is 0 Å². The van der Waals surface area contributed by atoms with Crippen LogP contribution in [-0.2, 0) is 0 Å². The van der Waals surface area contributed by atoms with Gasteiger partial charge in [-0.2, -0.15) is 0 Å². The second-order valence-electron chi connectivity index (χ2n) is 4.84. The number of rotatable bonds is 2. The third-order valence-corrected chi connectivity index (χ3v) is 3.42. The van der Waals surface area contributed by atoms with Gasteiger partial charge in [-0.15, -0.1) is 0 Å². The van der Waals surface area contributed by atoms with Gasteiger partial charge in [0, 0.05) is 24.1 Å². The fourth-order valence-electron chi connectivity index (χ4n) is 2.32. The molecule has 2 rings (SSSR count). The summed E-state index contributed by atoms with van der Waals surface area (Å²) in [6, 6.07) is 12.5. The van der Waals surface area contributed by atoms with E-state index < -0.39 is 0 Å². The molecule has 0 aliphatic heterocycles. The first-order valence-electron chi connectivity index (χ1n) is 6.17. The van der Waals surface area contributed by atoms with Gasteiger partial charge in [0.2, 0.25) is 0 Å². The van der Waals surface area contributed by atoms with Crippen molar-refractivity contribution in [2.45, 2.75) is 20.8 Å². The number of anilines is 3. The van der Waals surface area contributed by atoms with E-state index in [1.54, 1.807) is 0 Å². The minimum atomic E-state index is 0.837. The van der Waals surface area contributed by atoms with Crippen molar-refractivity contribution in [2.75, 3.05) is 17.7 Å². The lowest BCUT2D eigenvalue weighted by Gasteiger charge is -2.24. The van der Waals surface area contributed by atoms with Crippen LogP contribution in [0, 0.1) is 20.8 Å². The normalized spacial score (nSPS) is 10.4. The smallest absolute Gasteiger partial charge is 0.0458 e. The predicted octanol–water partition coefficient (Wildman–Crippen LogP) is 3.96. The second-order valence-corrected chi connectivity index (χ2v) is 4.84. The lowest BCUT2D eigenvalue weighted by molar-refractivity contribution is 1.16. The highest BCUT2D eigenvalue weighted by molar-refractivity contribution is 5.72. The summed E-state index contributed by atoms with van der Waals surface area (Å²) in [5.74, 6) is 0. The molecule has 0 amide bonds. The molecule has 94 valence electrons. The lowest BCUT2D eigenvalue weighted by atomic mass is 10.1. The molecule has 0 aromatic heterocycles. The first kappa shape index (κ1) is 12.5. The van der Waals surface area contributed by atoms with Crippen LogP contribution in [0.1, 0.15) is 16.7 Å². The summed E-state index contributed by atoms with van der Waals surface area (Å²) in [6.45, 7) is 6.31. The molecule has 0 unspecified atom stereocenters. The molecule has 18 heavy (non-hydrogen) atoms. The first-order chi connectivity index (χ1) is 8.50. The maximum Gasteiger partial charge on any atom is 0.0458 e. The molecule has 0 saturated carbocycles. The predicted molar refractivity (Wildman–Crippen MR) is 79.6 cm³/mol. The van der Waals surface area contributed by atoms with E-state index in [4.69, 9.17) is 5.73 Å². The van der Waals surface area contributed by atoms with Gasteiger partial charge >= 0.3 is 0 Å². The fourth-order valence-corrected chi connectivity index (χ4v) is 2.32. The van der Waals surface area contributed by atoms with Crippen LogP contribution in [0.3, 0.4) is 0 Å². The Morgan fingerprint density at radius 2 is 1.67 bits per heavy atom. The molecular formula is C16H20N2. The third kappa shape index (κ3) is 2.19. The minimum absolute atomic E-state index is 0.837. The van der Waals surface area contributed by atoms with E-state index in [-0.39, 0.29) is 0 Å². The number of nitrogen functional groups attached to an aromatic ring is 1. The van der Waals surface area contributed by atoms with Crippen LogP contribution in [0.25, 0.3) is 0 Å². The number of aryl methyl sites for hydroxylation is 2. The second kappa shape index (κ2) is 4.73. The highest BCUT2D eigenvalue weighted by Crippen LogP contribution is 2.31. The van der Waals surface area contributed by atoms with Crippen molar-refractivity contribution in [1.29, 1.82) is 0 Å². The number of hydrogen-bond donors (Lipinski definition) is 1. The van der Waals surface area contributed by atoms with Crippen molar-refractivity contribution in [3.8, 4) is 0 Å². The summed E-state index contributed by atoms with van der Waals surface area (Å²) < 4.78 is 0. The largest absolute Gasteiger partial charge is 0.398 e. The van der Waals surface area contributed by atoms with Gasteiger partial charge in [-0.1, -0.05) is 23.8 Å². The molecule has 0 radical (unpaired) electrons. The maximum atomic E-state index is 5.97. The van der Waals surface area contributed by atoms with Crippen LogP contribution >= 0.6 is 0 Å². The summed E-state index contributed by atoms with van der Waals surface area (Å²) in [6.07, 6.45) is 0. The van der Waals surface area contributed by atoms with Gasteiger partial charge in [0.1, 0.15) is 0 Å². The number of nitrogens with zero attached hydrogens (tertiary/aromatic N) is 1. The molecule has 0 atom stereocenters. The first-order valence-corrected chi connectivity index (χ1v) is 6.17. The Morgan fingerprint density at radius 1 is 0.944 bits per heavy atom. The Labute approximate surface area is 109 Å². The molecule has 2 N–H and O–H groups in total. The Balaban J connectivity index is 2.48. The molecule has 0 aliphatic carbocycles.